The van der Waals surface area contributed by atoms with Crippen LogP contribution in [0.1, 0.15) is 45.6 Å². The molecule has 1 heterocycles. The molecule has 0 unspecified atom stereocenters. The maximum absolute atomic E-state index is 13.7. The fourth-order valence-electron chi connectivity index (χ4n) is 3.08. The first-order valence-electron chi connectivity index (χ1n) is 11.7. The second-order valence-corrected chi connectivity index (χ2v) is 9.68. The van der Waals surface area contributed by atoms with Gasteiger partial charge in [-0.25, -0.2) is 9.18 Å². The fraction of sp³-hybridized carbons (Fsp3) is 0.370. The number of fused-ring (bicyclic) bond motifs is 1. The molecule has 0 saturated carbocycles. The van der Waals surface area contributed by atoms with Crippen molar-refractivity contribution in [2.75, 3.05) is 12.5 Å². The highest BCUT2D eigenvalue weighted by molar-refractivity contribution is 9.10. The van der Waals surface area contributed by atoms with Crippen LogP contribution in [0.2, 0.25) is 0 Å². The minimum Gasteiger partial charge on any atom is -0.396 e. The standard InChI is InChI=1S/C19H16BrFN2O3.C4H7ClO.C4H8O2/c1-12(24)8-9-22-17-10-15(21)6-7-16(17)18(25)23(19(22)26)11-13-2-4-14(20)5-3-13;2*1-4(6)2-3-5/h2-7,10H,8-9,11H2,1H3;2-3H2,1H3;5H,2-3H2,1H3. The summed E-state index contributed by atoms with van der Waals surface area (Å²) >= 11 is 8.52. The highest BCUT2D eigenvalue weighted by atomic mass is 79.9. The third kappa shape index (κ3) is 11.2. The predicted octanol–water partition coefficient (Wildman–Crippen LogP) is 4.25. The van der Waals surface area contributed by atoms with Crippen LogP contribution in [0.4, 0.5) is 4.39 Å². The molecular weight excluding hydrogens is 583 g/mol. The number of aliphatic hydroxyl groups excluding tert-OH is 1. The van der Waals surface area contributed by atoms with Crippen LogP contribution in [0.5, 0.6) is 0 Å². The molecule has 1 N–H and O–H groups in total. The number of hydrogen-bond acceptors (Lipinski definition) is 6. The summed E-state index contributed by atoms with van der Waals surface area (Å²) in [5, 5.41) is 8.26. The monoisotopic (exact) mass is 612 g/mol. The lowest BCUT2D eigenvalue weighted by Gasteiger charge is -2.14. The average molecular weight is 614 g/mol. The molecule has 2 aromatic carbocycles. The van der Waals surface area contributed by atoms with Crippen LogP contribution in [0, 0.1) is 5.82 Å². The van der Waals surface area contributed by atoms with Gasteiger partial charge in [-0.1, -0.05) is 28.1 Å². The molecule has 3 aromatic rings. The molecular formula is C27H31BrClFN2O6. The highest BCUT2D eigenvalue weighted by Gasteiger charge is 2.14. The Morgan fingerprint density at radius 2 is 1.47 bits per heavy atom. The summed E-state index contributed by atoms with van der Waals surface area (Å²) in [5.74, 6) is 0.0168. The van der Waals surface area contributed by atoms with Gasteiger partial charge in [-0.3, -0.25) is 28.3 Å². The Balaban J connectivity index is 0.000000503. The Morgan fingerprint density at radius 1 is 0.895 bits per heavy atom. The SMILES string of the molecule is CC(=O)CCCl.CC(=O)CCO.CC(=O)CCn1c(=O)n(Cc2ccc(Br)cc2)c(=O)c2ccc(F)cc21. The first-order valence-corrected chi connectivity index (χ1v) is 13.1. The minimum absolute atomic E-state index is 0.0185. The maximum Gasteiger partial charge on any atom is 0.331 e. The van der Waals surface area contributed by atoms with Crippen LogP contribution in [0.25, 0.3) is 10.9 Å². The number of hydrogen-bond donors (Lipinski definition) is 1. The molecule has 0 aliphatic heterocycles. The molecule has 0 amide bonds. The topological polar surface area (TPSA) is 115 Å². The van der Waals surface area contributed by atoms with Crippen LogP contribution in [-0.4, -0.2) is 44.1 Å². The van der Waals surface area contributed by atoms with Crippen molar-refractivity contribution in [2.45, 2.75) is 53.1 Å². The van der Waals surface area contributed by atoms with Gasteiger partial charge in [0, 0.05) is 42.8 Å². The number of carbonyl (C=O) groups excluding carboxylic acids is 3. The summed E-state index contributed by atoms with van der Waals surface area (Å²) in [6.45, 7) is 4.58. The van der Waals surface area contributed by atoms with E-state index in [0.29, 0.717) is 18.7 Å². The fourth-order valence-corrected chi connectivity index (χ4v) is 3.61. The molecule has 0 aliphatic carbocycles. The number of alkyl halides is 1. The van der Waals surface area contributed by atoms with Crippen molar-refractivity contribution in [2.24, 2.45) is 0 Å². The van der Waals surface area contributed by atoms with E-state index in [9.17, 15) is 28.4 Å². The van der Waals surface area contributed by atoms with E-state index in [-0.39, 0.29) is 54.4 Å². The number of rotatable bonds is 9. The van der Waals surface area contributed by atoms with Gasteiger partial charge in [-0.05, 0) is 56.7 Å². The number of ketones is 3. The number of carbonyl (C=O) groups is 3. The van der Waals surface area contributed by atoms with E-state index in [4.69, 9.17) is 16.7 Å². The van der Waals surface area contributed by atoms with Gasteiger partial charge in [0.25, 0.3) is 5.56 Å². The molecule has 8 nitrogen and oxygen atoms in total. The molecule has 0 spiro atoms. The molecule has 0 aliphatic rings. The summed E-state index contributed by atoms with van der Waals surface area (Å²) in [6, 6.07) is 11.0. The van der Waals surface area contributed by atoms with Gasteiger partial charge in [-0.15, -0.1) is 11.6 Å². The summed E-state index contributed by atoms with van der Waals surface area (Å²) in [4.78, 5) is 56.8. The summed E-state index contributed by atoms with van der Waals surface area (Å²) in [6.07, 6.45) is 0.920. The maximum atomic E-state index is 13.7. The van der Waals surface area contributed by atoms with E-state index in [1.54, 1.807) is 0 Å². The average Bonchev–Trinajstić information content (AvgIpc) is 2.83. The largest absolute Gasteiger partial charge is 0.396 e. The van der Waals surface area contributed by atoms with Gasteiger partial charge in [0.05, 0.1) is 17.4 Å². The van der Waals surface area contributed by atoms with Crippen molar-refractivity contribution >= 4 is 55.8 Å². The Bertz CT molecular complexity index is 1350. The second kappa shape index (κ2) is 16.8. The predicted molar refractivity (Wildman–Crippen MR) is 149 cm³/mol. The molecule has 206 valence electrons. The van der Waals surface area contributed by atoms with Crippen molar-refractivity contribution in [3.05, 3.63) is 79.2 Å². The van der Waals surface area contributed by atoms with Crippen molar-refractivity contribution < 1.29 is 23.9 Å². The third-order valence-electron chi connectivity index (χ3n) is 5.04. The van der Waals surface area contributed by atoms with Crippen molar-refractivity contribution in [1.29, 1.82) is 0 Å². The quantitative estimate of drug-likeness (QED) is 0.361. The van der Waals surface area contributed by atoms with Crippen LogP contribution in [0.15, 0.2) is 56.5 Å². The Kier molecular flexibility index (Phi) is 14.6. The summed E-state index contributed by atoms with van der Waals surface area (Å²) in [7, 11) is 0. The number of aromatic nitrogens is 2. The Morgan fingerprint density at radius 3 is 1.92 bits per heavy atom. The minimum atomic E-state index is -0.558. The van der Waals surface area contributed by atoms with Crippen LogP contribution in [0.3, 0.4) is 0 Å². The summed E-state index contributed by atoms with van der Waals surface area (Å²) < 4.78 is 17.0. The van der Waals surface area contributed by atoms with Gasteiger partial charge in [0.2, 0.25) is 0 Å². The molecule has 0 atom stereocenters. The molecule has 0 fully saturated rings. The van der Waals surface area contributed by atoms with Gasteiger partial charge in [0.15, 0.2) is 0 Å². The lowest BCUT2D eigenvalue weighted by Crippen LogP contribution is -2.40. The zero-order valence-corrected chi connectivity index (χ0v) is 23.8. The van der Waals surface area contributed by atoms with Gasteiger partial charge in [0.1, 0.15) is 23.2 Å². The number of aryl methyl sites for hydroxylation is 1. The second-order valence-electron chi connectivity index (χ2n) is 8.38. The van der Waals surface area contributed by atoms with Gasteiger partial charge >= 0.3 is 5.69 Å². The molecule has 0 saturated heterocycles. The Hall–Kier alpha value is -2.95. The first kappa shape index (κ1) is 33.1. The number of halogens is 3. The van der Waals surface area contributed by atoms with Crippen LogP contribution in [-0.2, 0) is 27.5 Å². The van der Waals surface area contributed by atoms with Gasteiger partial charge < -0.3 is 5.11 Å². The van der Waals surface area contributed by atoms with E-state index in [1.807, 2.05) is 24.3 Å². The molecule has 38 heavy (non-hydrogen) atoms. The Labute approximate surface area is 233 Å². The molecule has 1 aromatic heterocycles. The van der Waals surface area contributed by atoms with E-state index >= 15 is 0 Å². The van der Waals surface area contributed by atoms with Crippen molar-refractivity contribution in [3.8, 4) is 0 Å². The number of Topliss-reactive ketones (excluding diaryl/α,β-unsaturated/α-hetero) is 3. The van der Waals surface area contributed by atoms with E-state index < -0.39 is 17.1 Å². The van der Waals surface area contributed by atoms with E-state index in [1.165, 1.54) is 37.5 Å². The van der Waals surface area contributed by atoms with Crippen LogP contribution >= 0.6 is 27.5 Å². The zero-order chi connectivity index (χ0) is 28.8. The molecule has 3 rings (SSSR count). The highest BCUT2D eigenvalue weighted by Crippen LogP contribution is 2.13. The zero-order valence-electron chi connectivity index (χ0n) is 21.5. The van der Waals surface area contributed by atoms with Crippen molar-refractivity contribution in [1.82, 2.24) is 9.13 Å². The molecule has 11 heteroatoms. The third-order valence-corrected chi connectivity index (χ3v) is 5.76. The number of aliphatic hydroxyl groups is 1. The smallest absolute Gasteiger partial charge is 0.331 e. The summed E-state index contributed by atoms with van der Waals surface area (Å²) in [5.41, 5.74) is -0.0513. The van der Waals surface area contributed by atoms with Crippen molar-refractivity contribution in [3.63, 3.8) is 0 Å². The van der Waals surface area contributed by atoms with E-state index in [0.717, 1.165) is 20.7 Å². The number of nitrogens with zero attached hydrogens (tertiary/aromatic N) is 2. The normalized spacial score (nSPS) is 10.2. The first-order chi connectivity index (χ1) is 17.9. The lowest BCUT2D eigenvalue weighted by molar-refractivity contribution is -0.118. The van der Waals surface area contributed by atoms with E-state index in [2.05, 4.69) is 15.9 Å². The van der Waals surface area contributed by atoms with Crippen LogP contribution < -0.4 is 11.2 Å². The molecule has 0 radical (unpaired) electrons. The molecule has 0 bridgehead atoms. The number of benzene rings is 2. The lowest BCUT2D eigenvalue weighted by atomic mass is 10.2. The van der Waals surface area contributed by atoms with Gasteiger partial charge in [-0.2, -0.15) is 0 Å².